The second-order valence-corrected chi connectivity index (χ2v) is 9.74. The van der Waals surface area contributed by atoms with Crippen LogP contribution in [-0.2, 0) is 14.8 Å². The van der Waals surface area contributed by atoms with E-state index in [0.29, 0.717) is 35.5 Å². The summed E-state index contributed by atoms with van der Waals surface area (Å²) in [7, 11) is -3.44. The predicted octanol–water partition coefficient (Wildman–Crippen LogP) is 3.97. The van der Waals surface area contributed by atoms with Crippen molar-refractivity contribution in [3.8, 4) is 11.3 Å². The van der Waals surface area contributed by atoms with Gasteiger partial charge in [-0.1, -0.05) is 26.0 Å². The van der Waals surface area contributed by atoms with Crippen LogP contribution in [0.15, 0.2) is 34.5 Å². The highest BCUT2D eigenvalue weighted by Gasteiger charge is 2.27. The zero-order chi connectivity index (χ0) is 19.4. The van der Waals surface area contributed by atoms with Crippen molar-refractivity contribution in [3.63, 3.8) is 0 Å². The van der Waals surface area contributed by atoms with Gasteiger partial charge in [0.15, 0.2) is 5.13 Å². The van der Waals surface area contributed by atoms with Crippen molar-refractivity contribution in [1.29, 1.82) is 0 Å². The first-order valence-electron chi connectivity index (χ1n) is 9.26. The molecule has 0 atom stereocenters. The standard InChI is InChI=1S/C19H25N3O3S2/c1-3-4-18(23)21-19-20-17(13-26-19)15-5-7-16(8-6-15)27(24,25)22-11-9-14(2)10-12-22/h5-8,13-14H,3-4,9-12H2,1-2H3,(H,20,21,23). The van der Waals surface area contributed by atoms with Crippen molar-refractivity contribution in [2.45, 2.75) is 44.4 Å². The molecule has 1 N–H and O–H groups in total. The van der Waals surface area contributed by atoms with E-state index in [9.17, 15) is 13.2 Å². The highest BCUT2D eigenvalue weighted by molar-refractivity contribution is 7.89. The molecule has 0 radical (unpaired) electrons. The molecule has 0 saturated carbocycles. The summed E-state index contributed by atoms with van der Waals surface area (Å²) >= 11 is 1.36. The molecule has 3 rings (SSSR count). The number of thiazole rings is 1. The molecule has 1 aromatic carbocycles. The van der Waals surface area contributed by atoms with Crippen LogP contribution >= 0.6 is 11.3 Å². The zero-order valence-electron chi connectivity index (χ0n) is 15.6. The fraction of sp³-hybridized carbons (Fsp3) is 0.474. The molecule has 6 nitrogen and oxygen atoms in total. The number of hydrogen-bond acceptors (Lipinski definition) is 5. The molecule has 146 valence electrons. The normalized spacial score (nSPS) is 16.4. The Morgan fingerprint density at radius 1 is 1.26 bits per heavy atom. The van der Waals surface area contributed by atoms with Gasteiger partial charge in [-0.15, -0.1) is 11.3 Å². The van der Waals surface area contributed by atoms with E-state index in [4.69, 9.17) is 0 Å². The highest BCUT2D eigenvalue weighted by Crippen LogP contribution is 2.28. The number of carbonyl (C=O) groups is 1. The lowest BCUT2D eigenvalue weighted by molar-refractivity contribution is -0.116. The van der Waals surface area contributed by atoms with Gasteiger partial charge in [0.25, 0.3) is 0 Å². The zero-order valence-corrected chi connectivity index (χ0v) is 17.3. The van der Waals surface area contributed by atoms with Crippen LogP contribution in [0.4, 0.5) is 5.13 Å². The van der Waals surface area contributed by atoms with E-state index < -0.39 is 10.0 Å². The van der Waals surface area contributed by atoms with Crippen LogP contribution in [0.1, 0.15) is 39.5 Å². The van der Waals surface area contributed by atoms with Crippen molar-refractivity contribution in [2.24, 2.45) is 5.92 Å². The van der Waals surface area contributed by atoms with Crippen molar-refractivity contribution < 1.29 is 13.2 Å². The lowest BCUT2D eigenvalue weighted by Gasteiger charge is -2.29. The molecule has 1 aliphatic rings. The Labute approximate surface area is 164 Å². The smallest absolute Gasteiger partial charge is 0.243 e. The summed E-state index contributed by atoms with van der Waals surface area (Å²) in [5.41, 5.74) is 1.55. The maximum absolute atomic E-state index is 12.8. The molecule has 1 aromatic heterocycles. The summed E-state index contributed by atoms with van der Waals surface area (Å²) in [5, 5.41) is 5.20. The number of carbonyl (C=O) groups excluding carboxylic acids is 1. The van der Waals surface area contributed by atoms with Crippen LogP contribution in [-0.4, -0.2) is 36.7 Å². The van der Waals surface area contributed by atoms with Crippen LogP contribution in [0.5, 0.6) is 0 Å². The van der Waals surface area contributed by atoms with Crippen molar-refractivity contribution >= 4 is 32.4 Å². The van der Waals surface area contributed by atoms with Gasteiger partial charge in [-0.05, 0) is 37.3 Å². The second-order valence-electron chi connectivity index (χ2n) is 6.95. The minimum Gasteiger partial charge on any atom is -0.302 e. The molecule has 0 unspecified atom stereocenters. The fourth-order valence-corrected chi connectivity index (χ4v) is 5.25. The second kappa shape index (κ2) is 8.50. The number of aromatic nitrogens is 1. The summed E-state index contributed by atoms with van der Waals surface area (Å²) in [6.07, 6.45) is 3.07. The van der Waals surface area contributed by atoms with E-state index in [1.807, 2.05) is 12.3 Å². The van der Waals surface area contributed by atoms with Gasteiger partial charge >= 0.3 is 0 Å². The van der Waals surface area contributed by atoms with E-state index in [0.717, 1.165) is 30.5 Å². The number of rotatable bonds is 6. The van der Waals surface area contributed by atoms with Gasteiger partial charge < -0.3 is 5.32 Å². The molecule has 1 aliphatic heterocycles. The molecule has 0 spiro atoms. The monoisotopic (exact) mass is 407 g/mol. The average Bonchev–Trinajstić information content (AvgIpc) is 3.11. The average molecular weight is 408 g/mol. The number of nitrogens with one attached hydrogen (secondary N) is 1. The van der Waals surface area contributed by atoms with E-state index in [1.165, 1.54) is 11.3 Å². The summed E-state index contributed by atoms with van der Waals surface area (Å²) < 4.78 is 27.2. The number of benzene rings is 1. The third-order valence-electron chi connectivity index (χ3n) is 4.76. The minimum atomic E-state index is -3.44. The first kappa shape index (κ1) is 20.0. The maximum Gasteiger partial charge on any atom is 0.243 e. The van der Waals surface area contributed by atoms with Gasteiger partial charge in [-0.3, -0.25) is 4.79 Å². The van der Waals surface area contributed by atoms with Crippen LogP contribution in [0.25, 0.3) is 11.3 Å². The predicted molar refractivity (Wildman–Crippen MR) is 108 cm³/mol. The summed E-state index contributed by atoms with van der Waals surface area (Å²) in [6.45, 7) is 5.27. The molecule has 0 bridgehead atoms. The Bertz CT molecular complexity index is 883. The largest absolute Gasteiger partial charge is 0.302 e. The maximum atomic E-state index is 12.8. The number of nitrogens with zero attached hydrogens (tertiary/aromatic N) is 2. The molecule has 8 heteroatoms. The molecule has 1 saturated heterocycles. The van der Waals surface area contributed by atoms with Gasteiger partial charge in [-0.2, -0.15) is 4.31 Å². The van der Waals surface area contributed by atoms with E-state index in [1.54, 1.807) is 28.6 Å². The molecular formula is C19H25N3O3S2. The Kier molecular flexibility index (Phi) is 6.29. The topological polar surface area (TPSA) is 79.4 Å². The van der Waals surface area contributed by atoms with Gasteiger partial charge in [0, 0.05) is 30.5 Å². The summed E-state index contributed by atoms with van der Waals surface area (Å²) in [5.74, 6) is 0.534. The quantitative estimate of drug-likeness (QED) is 0.786. The lowest BCUT2D eigenvalue weighted by atomic mass is 10.0. The van der Waals surface area contributed by atoms with E-state index >= 15 is 0 Å². The lowest BCUT2D eigenvalue weighted by Crippen LogP contribution is -2.37. The van der Waals surface area contributed by atoms with Crippen LogP contribution in [0, 0.1) is 5.92 Å². The Balaban J connectivity index is 1.72. The first-order valence-corrected chi connectivity index (χ1v) is 11.6. The number of anilines is 1. The number of amides is 1. The highest BCUT2D eigenvalue weighted by atomic mass is 32.2. The molecule has 27 heavy (non-hydrogen) atoms. The number of sulfonamides is 1. The fourth-order valence-electron chi connectivity index (χ4n) is 3.04. The van der Waals surface area contributed by atoms with Crippen molar-refractivity contribution in [1.82, 2.24) is 9.29 Å². The molecule has 2 aromatic rings. The van der Waals surface area contributed by atoms with Crippen molar-refractivity contribution in [2.75, 3.05) is 18.4 Å². The minimum absolute atomic E-state index is 0.0457. The van der Waals surface area contributed by atoms with Gasteiger partial charge in [-0.25, -0.2) is 13.4 Å². The van der Waals surface area contributed by atoms with E-state index in [-0.39, 0.29) is 5.91 Å². The first-order chi connectivity index (χ1) is 12.9. The Morgan fingerprint density at radius 3 is 2.56 bits per heavy atom. The van der Waals surface area contributed by atoms with Crippen molar-refractivity contribution in [3.05, 3.63) is 29.6 Å². The Hall–Kier alpha value is -1.77. The SMILES string of the molecule is CCCC(=O)Nc1nc(-c2ccc(S(=O)(=O)N3CCC(C)CC3)cc2)cs1. The molecule has 1 fully saturated rings. The molecular weight excluding hydrogens is 382 g/mol. The summed E-state index contributed by atoms with van der Waals surface area (Å²) in [4.78, 5) is 16.4. The molecule has 0 aliphatic carbocycles. The van der Waals surface area contributed by atoms with E-state index in [2.05, 4.69) is 17.2 Å². The third-order valence-corrected chi connectivity index (χ3v) is 7.43. The van der Waals surface area contributed by atoms with Gasteiger partial charge in [0.05, 0.1) is 10.6 Å². The number of hydrogen-bond donors (Lipinski definition) is 1. The third kappa shape index (κ3) is 4.75. The summed E-state index contributed by atoms with van der Waals surface area (Å²) in [6, 6.07) is 6.81. The van der Waals surface area contributed by atoms with Crippen LogP contribution in [0.3, 0.4) is 0 Å². The van der Waals surface area contributed by atoms with Crippen LogP contribution < -0.4 is 5.32 Å². The molecule has 1 amide bonds. The van der Waals surface area contributed by atoms with Gasteiger partial charge in [0.1, 0.15) is 0 Å². The van der Waals surface area contributed by atoms with Crippen LogP contribution in [0.2, 0.25) is 0 Å². The Morgan fingerprint density at radius 2 is 1.93 bits per heavy atom. The van der Waals surface area contributed by atoms with Gasteiger partial charge in [0.2, 0.25) is 15.9 Å². The number of piperidine rings is 1. The molecule has 2 heterocycles.